The molecule has 0 atom stereocenters. The molecule has 624 valence electrons. The summed E-state index contributed by atoms with van der Waals surface area (Å²) in [4.78, 5) is 0. The van der Waals surface area contributed by atoms with Crippen molar-refractivity contribution in [3.63, 3.8) is 0 Å². The van der Waals surface area contributed by atoms with Crippen molar-refractivity contribution < 1.29 is 76.2 Å². The molecule has 0 spiro atoms. The Balaban J connectivity index is -0.000000696. The topological polar surface area (TPSA) is 12.0 Å². The summed E-state index contributed by atoms with van der Waals surface area (Å²) >= 11 is 0. The zero-order chi connectivity index (χ0) is 71.6. The first-order chi connectivity index (χ1) is 50.2. The Morgan fingerprint density at radius 1 is 0.161 bits per heavy atom. The average Bonchev–Trinajstić information content (AvgIpc) is 0.810. The monoisotopic (exact) mass is 1910 g/mol. The molecule has 0 aromatic heterocycles. The van der Waals surface area contributed by atoms with Crippen molar-refractivity contribution in [1.29, 1.82) is 0 Å². The molecule has 16 rings (SSSR count). The van der Waals surface area contributed by atoms with E-state index in [0.717, 1.165) is 0 Å². The largest absolute Gasteiger partial charge is 2.00 e. The van der Waals surface area contributed by atoms with Gasteiger partial charge in [0.1, 0.15) is 0 Å². The summed E-state index contributed by atoms with van der Waals surface area (Å²) in [5, 5.41) is 30.0. The molecule has 16 aromatic carbocycles. The number of nitrogens with one attached hydrogen (secondary N) is 1. The normalized spacial score (nSPS) is 9.61. The summed E-state index contributed by atoms with van der Waals surface area (Å²) in [6.45, 7) is 17.2. The first-order valence-corrected chi connectivity index (χ1v) is 40.9. The SMILES string of the molecule is C.C.C.C.C.C.C.C.CNC.Cc1ccc(P(c2ccc(C)cc2)c2ccc3ccccc3c2)cc1.Cc1ccc(P(c2ccc(C)cc2)c2ccc3ccccc3c2)cc1.Cc1ccc(P(c2ccc(C)cc2)c2ccc3ccccc3c2)cc1.Cc1ccc(P(c2ccc(C)cc2)c2ccc3ccccc3c2)cc1.Cl.Cl.[Cl-].[Cl-].[Cl-].[Ru+2].[Ru+2]. The molecule has 0 bridgehead atoms. The van der Waals surface area contributed by atoms with Gasteiger partial charge < -0.3 is 42.5 Å². The molecular formula is C106H125Cl5NP4Ru2+. The van der Waals surface area contributed by atoms with Crippen LogP contribution in [-0.4, -0.2) is 14.1 Å². The third-order valence-electron chi connectivity index (χ3n) is 18.3. The predicted octanol–water partition coefficient (Wildman–Crippen LogP) is 17.6. The molecule has 0 radical (unpaired) electrons. The zero-order valence-corrected chi connectivity index (χ0v) is 74.5. The predicted molar refractivity (Wildman–Crippen MR) is 532 cm³/mol. The second kappa shape index (κ2) is 58.0. The Morgan fingerprint density at radius 2 is 0.263 bits per heavy atom. The molecule has 118 heavy (non-hydrogen) atoms. The van der Waals surface area contributed by atoms with Crippen LogP contribution in [0, 0.1) is 55.4 Å². The van der Waals surface area contributed by atoms with Crippen molar-refractivity contribution >= 4 is 163 Å². The molecule has 0 aliphatic carbocycles. The van der Waals surface area contributed by atoms with E-state index in [4.69, 9.17) is 0 Å². The van der Waals surface area contributed by atoms with Gasteiger partial charge in [-0.3, -0.25) is 0 Å². The van der Waals surface area contributed by atoms with E-state index in [0.29, 0.717) is 0 Å². The van der Waals surface area contributed by atoms with Crippen LogP contribution >= 0.6 is 56.5 Å². The van der Waals surface area contributed by atoms with Crippen molar-refractivity contribution in [2.75, 3.05) is 14.1 Å². The zero-order valence-electron chi connectivity index (χ0n) is 63.6. The molecule has 0 amide bonds. The van der Waals surface area contributed by atoms with Gasteiger partial charge in [-0.25, -0.2) is 0 Å². The third-order valence-corrected chi connectivity index (χ3v) is 28.0. The van der Waals surface area contributed by atoms with Gasteiger partial charge in [0.2, 0.25) is 0 Å². The Labute approximate surface area is 775 Å². The fraction of sp³-hybridized carbons (Fsp3) is 0.170. The molecular weight excluding hydrogens is 1790 g/mol. The summed E-state index contributed by atoms with van der Waals surface area (Å²) in [5.74, 6) is 0. The van der Waals surface area contributed by atoms with Crippen LogP contribution in [0.1, 0.15) is 104 Å². The van der Waals surface area contributed by atoms with Crippen molar-refractivity contribution in [3.05, 3.63) is 408 Å². The van der Waals surface area contributed by atoms with Crippen LogP contribution in [0.2, 0.25) is 0 Å². The van der Waals surface area contributed by atoms with E-state index in [1.807, 2.05) is 14.1 Å². The Hall–Kier alpha value is -7.06. The third kappa shape index (κ3) is 31.4. The maximum absolute atomic E-state index is 2.75. The van der Waals surface area contributed by atoms with Crippen LogP contribution in [-0.2, 0) is 39.0 Å². The van der Waals surface area contributed by atoms with Gasteiger partial charge in [-0.2, -0.15) is 0 Å². The van der Waals surface area contributed by atoms with Crippen molar-refractivity contribution in [1.82, 2.24) is 5.32 Å². The number of halogens is 5. The molecule has 0 saturated carbocycles. The van der Waals surface area contributed by atoms with E-state index >= 15 is 0 Å². The first kappa shape index (κ1) is 117. The van der Waals surface area contributed by atoms with Gasteiger partial charge in [0.15, 0.2) is 0 Å². The number of hydrogen-bond acceptors (Lipinski definition) is 1. The van der Waals surface area contributed by atoms with Crippen LogP contribution < -0.4 is 106 Å². The van der Waals surface area contributed by atoms with Gasteiger partial charge >= 0.3 is 39.0 Å². The molecule has 0 aliphatic heterocycles. The number of aryl methyl sites for hydroxylation is 8. The standard InChI is InChI=1S/4C24H21P.C2H7N.8CH4.5ClH.2Ru/c4*1-18-7-12-22(13-8-18)25(23-14-9-19(2)10-15-23)24-16-11-20-5-3-4-6-21(20)17-24;1-3-2;;;;;;;;;;;;;;;/h4*3-17H,1-2H3;3H,1-2H3;8*1H4;5*1H;;/q;;;;;;;;;;;;;;;;;;2*+2/p-3. The minimum atomic E-state index is -0.544. The van der Waals surface area contributed by atoms with Crippen LogP contribution in [0.3, 0.4) is 0 Å². The van der Waals surface area contributed by atoms with Crippen LogP contribution in [0.25, 0.3) is 43.1 Å². The summed E-state index contributed by atoms with van der Waals surface area (Å²) in [6.07, 6.45) is 0. The Bertz CT molecular complexity index is 4560. The van der Waals surface area contributed by atoms with E-state index < -0.39 is 31.7 Å². The smallest absolute Gasteiger partial charge is 1.00 e. The fourth-order valence-electron chi connectivity index (χ4n) is 12.6. The summed E-state index contributed by atoms with van der Waals surface area (Å²) < 4.78 is 0. The molecule has 0 aliphatic rings. The van der Waals surface area contributed by atoms with Crippen LogP contribution in [0.4, 0.5) is 0 Å². The van der Waals surface area contributed by atoms with E-state index in [9.17, 15) is 0 Å². The van der Waals surface area contributed by atoms with Crippen LogP contribution in [0.5, 0.6) is 0 Å². The van der Waals surface area contributed by atoms with Gasteiger partial charge in [-0.1, -0.05) is 444 Å². The van der Waals surface area contributed by atoms with Gasteiger partial charge in [0, 0.05) is 0 Å². The van der Waals surface area contributed by atoms with Gasteiger partial charge in [0.05, 0.1) is 0 Å². The first-order valence-electron chi connectivity index (χ1n) is 35.5. The Morgan fingerprint density at radius 3 is 0.381 bits per heavy atom. The van der Waals surface area contributed by atoms with Gasteiger partial charge in [0.25, 0.3) is 0 Å². The van der Waals surface area contributed by atoms with Gasteiger partial charge in [-0.05, 0) is 232 Å². The van der Waals surface area contributed by atoms with E-state index in [2.05, 4.69) is 425 Å². The number of rotatable bonds is 12. The molecule has 1 N–H and O–H groups in total. The summed E-state index contributed by atoms with van der Waals surface area (Å²) in [5.41, 5.74) is 10.5. The van der Waals surface area contributed by atoms with Crippen molar-refractivity contribution in [3.8, 4) is 0 Å². The minimum absolute atomic E-state index is 0. The summed E-state index contributed by atoms with van der Waals surface area (Å²) in [7, 11) is 1.57. The fourth-order valence-corrected chi connectivity index (χ4v) is 21.7. The molecule has 1 nitrogen and oxygen atoms in total. The molecule has 0 saturated heterocycles. The molecule has 12 heteroatoms. The number of hydrogen-bond donors (Lipinski definition) is 1. The molecule has 16 aromatic rings. The van der Waals surface area contributed by atoms with Crippen molar-refractivity contribution in [2.24, 2.45) is 0 Å². The number of fused-ring (bicyclic) bond motifs is 4. The average molecular weight is 1920 g/mol. The second-order valence-corrected chi connectivity index (χ2v) is 35.5. The maximum Gasteiger partial charge on any atom is 2.00 e. The van der Waals surface area contributed by atoms with Crippen LogP contribution in [0.15, 0.2) is 364 Å². The molecule has 0 heterocycles. The van der Waals surface area contributed by atoms with E-state index in [1.54, 1.807) is 0 Å². The van der Waals surface area contributed by atoms with E-state index in [-0.39, 0.29) is 160 Å². The maximum atomic E-state index is 2.75. The second-order valence-electron chi connectivity index (χ2n) is 26.7. The Kier molecular flexibility index (Phi) is 57.7. The number of benzene rings is 16. The van der Waals surface area contributed by atoms with Gasteiger partial charge in [-0.15, -0.1) is 24.8 Å². The summed E-state index contributed by atoms with van der Waals surface area (Å²) in [6, 6.07) is 134. The quantitative estimate of drug-likeness (QED) is 0.0950. The minimum Gasteiger partial charge on any atom is -1.00 e. The molecule has 0 fully saturated rings. The molecule has 0 unspecified atom stereocenters. The van der Waals surface area contributed by atoms with E-state index in [1.165, 1.54) is 151 Å². The van der Waals surface area contributed by atoms with Crippen molar-refractivity contribution in [2.45, 2.75) is 115 Å².